The van der Waals surface area contributed by atoms with Gasteiger partial charge in [-0.25, -0.2) is 0 Å². The maximum absolute atomic E-state index is 11.3. The summed E-state index contributed by atoms with van der Waals surface area (Å²) in [6.45, 7) is 1.57. The minimum absolute atomic E-state index is 0.0785. The predicted octanol–water partition coefficient (Wildman–Crippen LogP) is 3.56. The molecule has 0 bridgehead atoms. The van der Waals surface area contributed by atoms with E-state index in [0.717, 1.165) is 22.4 Å². The molecule has 17 heavy (non-hydrogen) atoms. The highest BCUT2D eigenvalue weighted by molar-refractivity contribution is 5.95. The van der Waals surface area contributed by atoms with Crippen LogP contribution < -0.4 is 4.74 Å². The highest BCUT2D eigenvalue weighted by Gasteiger charge is 2.03. The number of Topliss-reactive ketones (excluding diaryl/α,β-unsaturated/α-hetero) is 1. The van der Waals surface area contributed by atoms with Gasteiger partial charge in [0.15, 0.2) is 5.78 Å². The van der Waals surface area contributed by atoms with Gasteiger partial charge in [-0.05, 0) is 36.2 Å². The number of methoxy groups -OCH3 is 1. The van der Waals surface area contributed by atoms with Crippen molar-refractivity contribution in [2.24, 2.45) is 0 Å². The Hall–Kier alpha value is -2.09. The molecule has 0 aliphatic rings. The van der Waals surface area contributed by atoms with E-state index in [4.69, 9.17) is 4.74 Å². The molecule has 0 heterocycles. The fourth-order valence-electron chi connectivity index (χ4n) is 1.72. The van der Waals surface area contributed by atoms with Crippen molar-refractivity contribution in [3.8, 4) is 16.9 Å². The molecule has 0 fully saturated rings. The van der Waals surface area contributed by atoms with Crippen LogP contribution in [0, 0.1) is 0 Å². The molecule has 0 unspecified atom stereocenters. The van der Waals surface area contributed by atoms with Crippen LogP contribution in [0.5, 0.6) is 5.75 Å². The van der Waals surface area contributed by atoms with Gasteiger partial charge in [0.05, 0.1) is 7.11 Å². The third-order valence-electron chi connectivity index (χ3n) is 2.67. The molecule has 2 heteroatoms. The summed E-state index contributed by atoms with van der Waals surface area (Å²) in [5.74, 6) is 0.894. The summed E-state index contributed by atoms with van der Waals surface area (Å²) in [5, 5.41) is 0. The molecule has 0 saturated heterocycles. The summed E-state index contributed by atoms with van der Waals surface area (Å²) in [7, 11) is 1.64. The van der Waals surface area contributed by atoms with Crippen LogP contribution in [0.15, 0.2) is 48.5 Å². The highest BCUT2D eigenvalue weighted by atomic mass is 16.5. The Balaban J connectivity index is 2.45. The van der Waals surface area contributed by atoms with E-state index in [-0.39, 0.29) is 5.78 Å². The van der Waals surface area contributed by atoms with Crippen LogP contribution in [-0.4, -0.2) is 12.9 Å². The Kier molecular flexibility index (Phi) is 3.24. The SMILES string of the molecule is COc1cccc(-c2cccc(C(C)=O)c2)c1. The first-order chi connectivity index (χ1) is 8.20. The molecule has 0 aliphatic carbocycles. The normalized spacial score (nSPS) is 10.0. The maximum atomic E-state index is 11.3. The third kappa shape index (κ3) is 2.53. The van der Waals surface area contributed by atoms with Gasteiger partial charge in [-0.1, -0.05) is 30.3 Å². The second kappa shape index (κ2) is 4.83. The van der Waals surface area contributed by atoms with Crippen LogP contribution in [0.4, 0.5) is 0 Å². The lowest BCUT2D eigenvalue weighted by Gasteiger charge is -2.05. The molecule has 86 valence electrons. The number of benzene rings is 2. The third-order valence-corrected chi connectivity index (χ3v) is 2.67. The number of carbonyl (C=O) groups excluding carboxylic acids is 1. The van der Waals surface area contributed by atoms with Gasteiger partial charge in [0.1, 0.15) is 5.75 Å². The Labute approximate surface area is 101 Å². The molecular formula is C15H14O2. The smallest absolute Gasteiger partial charge is 0.159 e. The first kappa shape index (κ1) is 11.4. The quantitative estimate of drug-likeness (QED) is 0.748. The van der Waals surface area contributed by atoms with Crippen molar-refractivity contribution in [2.45, 2.75) is 6.92 Å². The van der Waals surface area contributed by atoms with Crippen molar-refractivity contribution < 1.29 is 9.53 Å². The zero-order valence-corrected chi connectivity index (χ0v) is 9.94. The lowest BCUT2D eigenvalue weighted by Crippen LogP contribution is -1.92. The van der Waals surface area contributed by atoms with E-state index >= 15 is 0 Å². The molecule has 0 amide bonds. The summed E-state index contributed by atoms with van der Waals surface area (Å²) in [6, 6.07) is 15.4. The van der Waals surface area contributed by atoms with E-state index in [1.54, 1.807) is 14.0 Å². The molecule has 0 N–H and O–H groups in total. The number of carbonyl (C=O) groups is 1. The number of hydrogen-bond donors (Lipinski definition) is 0. The van der Waals surface area contributed by atoms with E-state index in [1.165, 1.54) is 0 Å². The van der Waals surface area contributed by atoms with Gasteiger partial charge in [-0.3, -0.25) is 4.79 Å². The molecule has 0 spiro atoms. The van der Waals surface area contributed by atoms with E-state index in [0.29, 0.717) is 0 Å². The molecule has 2 nitrogen and oxygen atoms in total. The number of ether oxygens (including phenoxy) is 1. The van der Waals surface area contributed by atoms with Crippen molar-refractivity contribution in [1.29, 1.82) is 0 Å². The lowest BCUT2D eigenvalue weighted by molar-refractivity contribution is 0.101. The minimum Gasteiger partial charge on any atom is -0.497 e. The van der Waals surface area contributed by atoms with Gasteiger partial charge in [0, 0.05) is 5.56 Å². The van der Waals surface area contributed by atoms with Crippen LogP contribution in [-0.2, 0) is 0 Å². The maximum Gasteiger partial charge on any atom is 0.159 e. The molecule has 2 rings (SSSR count). The second-order valence-corrected chi connectivity index (χ2v) is 3.87. The van der Waals surface area contributed by atoms with Gasteiger partial charge in [-0.2, -0.15) is 0 Å². The first-order valence-corrected chi connectivity index (χ1v) is 5.46. The van der Waals surface area contributed by atoms with E-state index in [1.807, 2.05) is 48.5 Å². The van der Waals surface area contributed by atoms with E-state index < -0.39 is 0 Å². The Morgan fingerprint density at radius 3 is 2.29 bits per heavy atom. The van der Waals surface area contributed by atoms with Gasteiger partial charge in [-0.15, -0.1) is 0 Å². The molecule has 0 radical (unpaired) electrons. The van der Waals surface area contributed by atoms with Gasteiger partial charge in [0.25, 0.3) is 0 Å². The zero-order valence-electron chi connectivity index (χ0n) is 9.94. The highest BCUT2D eigenvalue weighted by Crippen LogP contribution is 2.24. The molecule has 0 aromatic heterocycles. The Morgan fingerprint density at radius 1 is 1.00 bits per heavy atom. The molecule has 0 saturated carbocycles. The summed E-state index contributed by atoms with van der Waals surface area (Å²) in [5.41, 5.74) is 2.80. The monoisotopic (exact) mass is 226 g/mol. The van der Waals surface area contributed by atoms with E-state index in [9.17, 15) is 4.79 Å². The molecule has 0 aliphatic heterocycles. The lowest BCUT2D eigenvalue weighted by atomic mass is 10.0. The van der Waals surface area contributed by atoms with Gasteiger partial charge >= 0.3 is 0 Å². The number of rotatable bonds is 3. The fraction of sp³-hybridized carbons (Fsp3) is 0.133. The van der Waals surface area contributed by atoms with Crippen molar-refractivity contribution in [1.82, 2.24) is 0 Å². The van der Waals surface area contributed by atoms with Crippen LogP contribution >= 0.6 is 0 Å². The number of ketones is 1. The summed E-state index contributed by atoms with van der Waals surface area (Å²) in [4.78, 5) is 11.3. The summed E-state index contributed by atoms with van der Waals surface area (Å²) in [6.07, 6.45) is 0. The molecule has 0 atom stereocenters. The van der Waals surface area contributed by atoms with Crippen molar-refractivity contribution in [2.75, 3.05) is 7.11 Å². The Morgan fingerprint density at radius 2 is 1.65 bits per heavy atom. The van der Waals surface area contributed by atoms with Crippen molar-refractivity contribution in [3.63, 3.8) is 0 Å². The largest absolute Gasteiger partial charge is 0.497 e. The molecule has 2 aromatic carbocycles. The average Bonchev–Trinajstić information content (AvgIpc) is 2.39. The predicted molar refractivity (Wildman–Crippen MR) is 68.4 cm³/mol. The Bertz CT molecular complexity index is 544. The first-order valence-electron chi connectivity index (χ1n) is 5.46. The minimum atomic E-state index is 0.0785. The van der Waals surface area contributed by atoms with E-state index in [2.05, 4.69) is 0 Å². The van der Waals surface area contributed by atoms with Crippen molar-refractivity contribution in [3.05, 3.63) is 54.1 Å². The summed E-state index contributed by atoms with van der Waals surface area (Å²) < 4.78 is 5.19. The van der Waals surface area contributed by atoms with Gasteiger partial charge in [0.2, 0.25) is 0 Å². The molecular weight excluding hydrogens is 212 g/mol. The summed E-state index contributed by atoms with van der Waals surface area (Å²) >= 11 is 0. The fourth-order valence-corrected chi connectivity index (χ4v) is 1.72. The van der Waals surface area contributed by atoms with Crippen LogP contribution in [0.2, 0.25) is 0 Å². The number of hydrogen-bond acceptors (Lipinski definition) is 2. The zero-order chi connectivity index (χ0) is 12.3. The van der Waals surface area contributed by atoms with Crippen LogP contribution in [0.3, 0.4) is 0 Å². The van der Waals surface area contributed by atoms with Gasteiger partial charge < -0.3 is 4.74 Å². The average molecular weight is 226 g/mol. The van der Waals surface area contributed by atoms with Crippen LogP contribution in [0.25, 0.3) is 11.1 Å². The topological polar surface area (TPSA) is 26.3 Å². The van der Waals surface area contributed by atoms with Crippen molar-refractivity contribution >= 4 is 5.78 Å². The van der Waals surface area contributed by atoms with Crippen LogP contribution in [0.1, 0.15) is 17.3 Å². The standard InChI is InChI=1S/C15H14O2/c1-11(16)12-5-3-6-13(9-12)14-7-4-8-15(10-14)17-2/h3-10H,1-2H3. The molecule has 2 aromatic rings. The second-order valence-electron chi connectivity index (χ2n) is 3.87.